The minimum absolute atomic E-state index is 0.258. The van der Waals surface area contributed by atoms with Crippen molar-refractivity contribution < 1.29 is 23.8 Å². The van der Waals surface area contributed by atoms with Crippen LogP contribution in [0.25, 0.3) is 11.3 Å². The smallest absolute Gasteiger partial charge is 0.311 e. The Morgan fingerprint density at radius 2 is 2.09 bits per heavy atom. The molecular formula is C23H32N4O5. The number of H-pyrrole nitrogens is 1. The van der Waals surface area contributed by atoms with E-state index in [4.69, 9.17) is 14.2 Å². The fraction of sp³-hybridized carbons (Fsp3) is 0.522. The van der Waals surface area contributed by atoms with Crippen molar-refractivity contribution in [1.82, 2.24) is 20.4 Å². The van der Waals surface area contributed by atoms with Crippen molar-refractivity contribution in [1.29, 1.82) is 0 Å². The third-order valence-corrected chi connectivity index (χ3v) is 5.42. The molecule has 2 amide bonds. The Morgan fingerprint density at radius 3 is 2.88 bits per heavy atom. The van der Waals surface area contributed by atoms with Crippen molar-refractivity contribution in [2.75, 3.05) is 47.1 Å². The highest BCUT2D eigenvalue weighted by molar-refractivity contribution is 6.35. The lowest BCUT2D eigenvalue weighted by Crippen LogP contribution is -2.53. The quantitative estimate of drug-likeness (QED) is 0.424. The van der Waals surface area contributed by atoms with E-state index in [9.17, 15) is 9.59 Å². The van der Waals surface area contributed by atoms with Crippen LogP contribution in [0.4, 0.5) is 0 Å². The number of aromatic nitrogens is 2. The van der Waals surface area contributed by atoms with Gasteiger partial charge in [-0.15, -0.1) is 0 Å². The van der Waals surface area contributed by atoms with Crippen LogP contribution in [0.15, 0.2) is 36.4 Å². The first-order valence-corrected chi connectivity index (χ1v) is 10.9. The van der Waals surface area contributed by atoms with Crippen molar-refractivity contribution in [2.45, 2.75) is 31.4 Å². The van der Waals surface area contributed by atoms with E-state index in [1.165, 1.54) is 4.90 Å². The number of hydrogen-bond donors (Lipinski definition) is 2. The summed E-state index contributed by atoms with van der Waals surface area (Å²) in [5, 5.41) is 10.2. The molecule has 1 aliphatic heterocycles. The number of ether oxygens (including phenoxy) is 3. The summed E-state index contributed by atoms with van der Waals surface area (Å²) in [6, 6.07) is 11.7. The molecule has 9 heteroatoms. The van der Waals surface area contributed by atoms with Crippen LogP contribution in [-0.4, -0.2) is 86.2 Å². The molecule has 1 aromatic carbocycles. The molecule has 0 bridgehead atoms. The predicted octanol–water partition coefficient (Wildman–Crippen LogP) is 1.40. The minimum Gasteiger partial charge on any atom is -0.382 e. The topological polar surface area (TPSA) is 106 Å². The van der Waals surface area contributed by atoms with Gasteiger partial charge in [-0.3, -0.25) is 14.7 Å². The van der Waals surface area contributed by atoms with E-state index >= 15 is 0 Å². The van der Waals surface area contributed by atoms with Crippen LogP contribution in [0, 0.1) is 0 Å². The Balaban J connectivity index is 1.42. The molecule has 1 saturated heterocycles. The minimum atomic E-state index is -0.618. The van der Waals surface area contributed by atoms with Gasteiger partial charge in [-0.2, -0.15) is 5.10 Å². The second-order valence-corrected chi connectivity index (χ2v) is 7.82. The van der Waals surface area contributed by atoms with Crippen molar-refractivity contribution >= 4 is 11.8 Å². The Labute approximate surface area is 188 Å². The van der Waals surface area contributed by atoms with Crippen molar-refractivity contribution in [3.63, 3.8) is 0 Å². The molecule has 0 aliphatic carbocycles. The zero-order valence-electron chi connectivity index (χ0n) is 18.7. The zero-order chi connectivity index (χ0) is 22.8. The number of hydrogen-bond acceptors (Lipinski definition) is 6. The molecule has 2 aromatic rings. The number of aryl methyl sites for hydroxylation is 1. The van der Waals surface area contributed by atoms with Crippen LogP contribution in [0.2, 0.25) is 0 Å². The molecule has 1 aromatic heterocycles. The molecule has 1 fully saturated rings. The number of aromatic amines is 1. The third kappa shape index (κ3) is 6.88. The van der Waals surface area contributed by atoms with Gasteiger partial charge in [0.1, 0.15) is 6.10 Å². The number of nitrogens with one attached hydrogen (secondary N) is 2. The first-order chi connectivity index (χ1) is 15.6. The molecule has 0 radical (unpaired) electrons. The van der Waals surface area contributed by atoms with Gasteiger partial charge in [0.15, 0.2) is 0 Å². The number of carbonyl (C=O) groups excluding carboxylic acids is 2. The van der Waals surface area contributed by atoms with E-state index in [2.05, 4.69) is 15.5 Å². The van der Waals surface area contributed by atoms with Crippen molar-refractivity contribution in [3.8, 4) is 11.3 Å². The van der Waals surface area contributed by atoms with Gasteiger partial charge in [0.2, 0.25) is 0 Å². The van der Waals surface area contributed by atoms with Gasteiger partial charge in [-0.05, 0) is 25.3 Å². The van der Waals surface area contributed by atoms with Gasteiger partial charge in [0.05, 0.1) is 31.6 Å². The number of benzene rings is 1. The Morgan fingerprint density at radius 1 is 1.28 bits per heavy atom. The molecular weight excluding hydrogens is 412 g/mol. The average Bonchev–Trinajstić information content (AvgIpc) is 3.29. The molecule has 32 heavy (non-hydrogen) atoms. The summed E-state index contributed by atoms with van der Waals surface area (Å²) in [7, 11) is 3.24. The van der Waals surface area contributed by atoms with Gasteiger partial charge in [0, 0.05) is 38.6 Å². The molecule has 2 atom stereocenters. The summed E-state index contributed by atoms with van der Waals surface area (Å²) in [6.45, 7) is 2.24. The first-order valence-electron chi connectivity index (χ1n) is 10.9. The number of amides is 2. The Hall–Kier alpha value is -2.75. The second kappa shape index (κ2) is 12.3. The lowest BCUT2D eigenvalue weighted by Gasteiger charge is -2.32. The van der Waals surface area contributed by atoms with E-state index in [1.807, 2.05) is 36.4 Å². The van der Waals surface area contributed by atoms with E-state index in [0.29, 0.717) is 45.8 Å². The lowest BCUT2D eigenvalue weighted by atomic mass is 10.1. The number of rotatable bonds is 10. The molecule has 1 aliphatic rings. The van der Waals surface area contributed by atoms with Crippen LogP contribution in [0.5, 0.6) is 0 Å². The summed E-state index contributed by atoms with van der Waals surface area (Å²) in [5.41, 5.74) is 2.94. The Kier molecular flexibility index (Phi) is 9.21. The third-order valence-electron chi connectivity index (χ3n) is 5.42. The largest absolute Gasteiger partial charge is 0.382 e. The number of likely N-dealkylation sites (N-methyl/N-ethyl adjacent to an activating group) is 1. The van der Waals surface area contributed by atoms with Gasteiger partial charge in [0.25, 0.3) is 0 Å². The van der Waals surface area contributed by atoms with E-state index < -0.39 is 11.8 Å². The van der Waals surface area contributed by atoms with Crippen molar-refractivity contribution in [3.05, 3.63) is 42.1 Å². The van der Waals surface area contributed by atoms with Gasteiger partial charge < -0.3 is 24.4 Å². The number of methoxy groups -OCH3 is 1. The van der Waals surface area contributed by atoms with Gasteiger partial charge >= 0.3 is 11.8 Å². The lowest BCUT2D eigenvalue weighted by molar-refractivity contribution is -0.147. The second-order valence-electron chi connectivity index (χ2n) is 7.82. The normalized spacial score (nSPS) is 18.3. The van der Waals surface area contributed by atoms with Gasteiger partial charge in [-0.25, -0.2) is 0 Å². The summed E-state index contributed by atoms with van der Waals surface area (Å²) >= 11 is 0. The van der Waals surface area contributed by atoms with Crippen LogP contribution in [-0.2, 0) is 30.2 Å². The molecule has 9 nitrogen and oxygen atoms in total. The molecule has 3 rings (SSSR count). The molecule has 2 N–H and O–H groups in total. The highest BCUT2D eigenvalue weighted by Crippen LogP contribution is 2.17. The zero-order valence-corrected chi connectivity index (χ0v) is 18.7. The van der Waals surface area contributed by atoms with Crippen molar-refractivity contribution in [2.24, 2.45) is 0 Å². The highest BCUT2D eigenvalue weighted by atomic mass is 16.6. The maximum Gasteiger partial charge on any atom is 0.311 e. The van der Waals surface area contributed by atoms with E-state index in [-0.39, 0.29) is 12.1 Å². The van der Waals surface area contributed by atoms with E-state index in [1.54, 1.807) is 14.2 Å². The first kappa shape index (κ1) is 23.9. The van der Waals surface area contributed by atoms with E-state index in [0.717, 1.165) is 23.4 Å². The standard InChI is InChI=1S/C23H32N4O5/c1-27(11-6-9-18-15-20(26-25-18)17-7-4-3-5-8-17)23(29)22(28)24-19-10-12-31-16-21(19)32-14-13-30-2/h3-5,7-8,15,19,21H,6,9-14,16H2,1-2H3,(H,24,28)(H,25,26). The van der Waals surface area contributed by atoms with Crippen LogP contribution in [0.1, 0.15) is 18.5 Å². The summed E-state index contributed by atoms with van der Waals surface area (Å²) < 4.78 is 16.2. The number of nitrogens with zero attached hydrogens (tertiary/aromatic N) is 2. The molecule has 0 saturated carbocycles. The summed E-state index contributed by atoms with van der Waals surface area (Å²) in [4.78, 5) is 26.4. The SMILES string of the molecule is COCCOC1COCCC1NC(=O)C(=O)N(C)CCCc1cc(-c2ccccc2)n[nH]1. The highest BCUT2D eigenvalue weighted by Gasteiger charge is 2.30. The fourth-order valence-electron chi connectivity index (χ4n) is 3.58. The number of carbonyl (C=O) groups is 2. The average molecular weight is 445 g/mol. The molecule has 0 spiro atoms. The molecule has 2 unspecified atom stereocenters. The fourth-order valence-corrected chi connectivity index (χ4v) is 3.58. The maximum atomic E-state index is 12.5. The van der Waals surface area contributed by atoms with Crippen LogP contribution in [0.3, 0.4) is 0 Å². The summed E-state index contributed by atoms with van der Waals surface area (Å²) in [6.07, 6.45) is 1.75. The monoisotopic (exact) mass is 444 g/mol. The summed E-state index contributed by atoms with van der Waals surface area (Å²) in [5.74, 6) is -1.17. The molecule has 2 heterocycles. The van der Waals surface area contributed by atoms with Crippen LogP contribution < -0.4 is 5.32 Å². The maximum absolute atomic E-state index is 12.5. The molecule has 174 valence electrons. The van der Waals surface area contributed by atoms with Gasteiger partial charge in [-0.1, -0.05) is 30.3 Å². The Bertz CT molecular complexity index is 857. The predicted molar refractivity (Wildman–Crippen MR) is 119 cm³/mol. The van der Waals surface area contributed by atoms with Crippen LogP contribution >= 0.6 is 0 Å².